The Bertz CT molecular complexity index is 545. The van der Waals surface area contributed by atoms with Crippen molar-refractivity contribution >= 4 is 16.0 Å². The van der Waals surface area contributed by atoms with E-state index in [1.165, 1.54) is 12.1 Å². The summed E-state index contributed by atoms with van der Waals surface area (Å²) in [5.74, 6) is -1.40. The molecule has 78 valence electrons. The van der Waals surface area contributed by atoms with Gasteiger partial charge in [0.25, 0.3) is 10.0 Å². The highest BCUT2D eigenvalue weighted by Gasteiger charge is 2.20. The van der Waals surface area contributed by atoms with E-state index in [1.807, 2.05) is 0 Å². The van der Waals surface area contributed by atoms with Gasteiger partial charge in [0.2, 0.25) is 0 Å². The number of carboxylic acid groups (broad SMARTS) is 1. The van der Waals surface area contributed by atoms with Crippen LogP contribution in [0, 0.1) is 0 Å². The predicted octanol–water partition coefficient (Wildman–Crippen LogP) is 1.38. The minimum Gasteiger partial charge on any atom is -0.478 e. The topological polar surface area (TPSA) is 120 Å². The van der Waals surface area contributed by atoms with Crippen molar-refractivity contribution in [3.8, 4) is 0 Å². The maximum Gasteiger partial charge on any atom is 0.337 e. The third-order valence-electron chi connectivity index (χ3n) is 1.54. The lowest BCUT2D eigenvalue weighted by molar-refractivity contribution is 0.0692. The van der Waals surface area contributed by atoms with Crippen LogP contribution in [0.25, 0.3) is 10.4 Å². The molecule has 1 rings (SSSR count). The van der Waals surface area contributed by atoms with Crippen LogP contribution in [0.3, 0.4) is 0 Å². The average Bonchev–Trinajstić information content (AvgIpc) is 2.17. The number of sulfonamides is 1. The molecule has 0 bridgehead atoms. The van der Waals surface area contributed by atoms with Crippen molar-refractivity contribution in [1.29, 1.82) is 0 Å². The molecule has 7 nitrogen and oxygen atoms in total. The van der Waals surface area contributed by atoms with Gasteiger partial charge in [-0.25, -0.2) is 13.2 Å². The molecule has 0 saturated carbocycles. The second-order valence-corrected chi connectivity index (χ2v) is 4.00. The molecule has 15 heavy (non-hydrogen) atoms. The first kappa shape index (κ1) is 11.0. The first-order valence-corrected chi connectivity index (χ1v) is 5.07. The number of carbonyl (C=O) groups is 1. The number of benzene rings is 1. The Balaban J connectivity index is 3.51. The molecule has 0 heterocycles. The zero-order chi connectivity index (χ0) is 11.5. The number of aromatic carboxylic acids is 1. The van der Waals surface area contributed by atoms with Crippen LogP contribution in [0.5, 0.6) is 0 Å². The van der Waals surface area contributed by atoms with Crippen LogP contribution in [0.15, 0.2) is 33.7 Å². The molecule has 8 heteroatoms. The molecular weight excluding hydrogens is 222 g/mol. The molecule has 0 radical (unpaired) electrons. The van der Waals surface area contributed by atoms with Crippen molar-refractivity contribution in [1.82, 2.24) is 0 Å². The van der Waals surface area contributed by atoms with Crippen molar-refractivity contribution < 1.29 is 18.3 Å². The molecule has 0 atom stereocenters. The zero-order valence-electron chi connectivity index (χ0n) is 7.23. The largest absolute Gasteiger partial charge is 0.478 e. The molecule has 1 aromatic rings. The predicted molar refractivity (Wildman–Crippen MR) is 49.7 cm³/mol. The van der Waals surface area contributed by atoms with Crippen LogP contribution in [0.4, 0.5) is 0 Å². The standard InChI is InChI=1S/C7H5N3O4S/c8-9-10-15(13,14)6-4-2-1-3-5(6)7(11)12/h1-4H,(H,11,12). The van der Waals surface area contributed by atoms with E-state index in [9.17, 15) is 13.2 Å². The summed E-state index contributed by atoms with van der Waals surface area (Å²) in [6, 6.07) is 4.89. The van der Waals surface area contributed by atoms with Gasteiger partial charge >= 0.3 is 5.97 Å². The summed E-state index contributed by atoms with van der Waals surface area (Å²) in [4.78, 5) is 12.3. The molecule has 0 saturated heterocycles. The number of azide groups is 1. The second-order valence-electron chi connectivity index (χ2n) is 2.45. The van der Waals surface area contributed by atoms with Crippen LogP contribution in [-0.2, 0) is 10.0 Å². The summed E-state index contributed by atoms with van der Waals surface area (Å²) in [7, 11) is -4.26. The van der Waals surface area contributed by atoms with E-state index >= 15 is 0 Å². The Morgan fingerprint density at radius 1 is 1.40 bits per heavy atom. The van der Waals surface area contributed by atoms with Gasteiger partial charge in [-0.3, -0.25) is 0 Å². The van der Waals surface area contributed by atoms with E-state index in [0.29, 0.717) is 0 Å². The quantitative estimate of drug-likeness (QED) is 0.476. The molecule has 0 amide bonds. The summed E-state index contributed by atoms with van der Waals surface area (Å²) in [6.07, 6.45) is 0. The van der Waals surface area contributed by atoms with Crippen LogP contribution in [0.1, 0.15) is 10.4 Å². The van der Waals surface area contributed by atoms with Gasteiger partial charge in [0, 0.05) is 9.43 Å². The lowest BCUT2D eigenvalue weighted by Gasteiger charge is -2.01. The van der Waals surface area contributed by atoms with E-state index in [4.69, 9.17) is 10.6 Å². The third kappa shape index (κ3) is 2.25. The summed E-state index contributed by atoms with van der Waals surface area (Å²) in [6.45, 7) is 0. The van der Waals surface area contributed by atoms with E-state index in [2.05, 4.69) is 9.43 Å². The lowest BCUT2D eigenvalue weighted by atomic mass is 10.2. The zero-order valence-corrected chi connectivity index (χ0v) is 8.05. The van der Waals surface area contributed by atoms with Crippen LogP contribution in [-0.4, -0.2) is 19.5 Å². The van der Waals surface area contributed by atoms with Crippen molar-refractivity contribution in [2.45, 2.75) is 4.90 Å². The van der Waals surface area contributed by atoms with Crippen molar-refractivity contribution in [3.63, 3.8) is 0 Å². The van der Waals surface area contributed by atoms with Gasteiger partial charge in [-0.15, -0.1) is 0 Å². The Morgan fingerprint density at radius 2 is 2.00 bits per heavy atom. The molecular formula is C7H5N3O4S. The van der Waals surface area contributed by atoms with Gasteiger partial charge in [-0.1, -0.05) is 12.1 Å². The van der Waals surface area contributed by atoms with Crippen molar-refractivity contribution in [2.75, 3.05) is 0 Å². The summed E-state index contributed by atoms with van der Waals surface area (Å²) in [5, 5.41) is 8.70. The van der Waals surface area contributed by atoms with Gasteiger partial charge < -0.3 is 5.11 Å². The molecule has 0 fully saturated rings. The Kier molecular flexibility index (Phi) is 2.93. The lowest BCUT2D eigenvalue weighted by Crippen LogP contribution is -2.06. The molecule has 0 aromatic heterocycles. The number of nitrogens with zero attached hydrogens (tertiary/aromatic N) is 3. The fourth-order valence-corrected chi connectivity index (χ4v) is 1.83. The van der Waals surface area contributed by atoms with Crippen LogP contribution >= 0.6 is 0 Å². The first-order chi connectivity index (χ1) is 6.99. The van der Waals surface area contributed by atoms with Crippen molar-refractivity contribution in [2.24, 2.45) is 4.52 Å². The van der Waals surface area contributed by atoms with Crippen LogP contribution in [0.2, 0.25) is 0 Å². The highest BCUT2D eigenvalue weighted by atomic mass is 32.2. The van der Waals surface area contributed by atoms with Crippen molar-refractivity contribution in [3.05, 3.63) is 40.3 Å². The number of carboxylic acids is 1. The smallest absolute Gasteiger partial charge is 0.337 e. The molecule has 0 spiro atoms. The van der Waals surface area contributed by atoms with Gasteiger partial charge in [0.1, 0.15) is 0 Å². The Labute approximate surface area is 84.6 Å². The van der Waals surface area contributed by atoms with Gasteiger partial charge in [-0.2, -0.15) is 0 Å². The molecule has 1 N–H and O–H groups in total. The SMILES string of the molecule is [N-]=[N+]=NS(=O)(=O)c1ccccc1C(=O)O. The number of rotatable bonds is 3. The van der Waals surface area contributed by atoms with Gasteiger partial charge in [-0.05, 0) is 17.7 Å². The maximum atomic E-state index is 11.3. The Hall–Kier alpha value is -2.05. The van der Waals surface area contributed by atoms with E-state index in [1.54, 1.807) is 0 Å². The van der Waals surface area contributed by atoms with Gasteiger partial charge in [0.05, 0.1) is 10.5 Å². The van der Waals surface area contributed by atoms with Crippen LogP contribution < -0.4 is 0 Å². The fourth-order valence-electron chi connectivity index (χ4n) is 0.960. The summed E-state index contributed by atoms with van der Waals surface area (Å²) < 4.78 is 25.1. The minimum atomic E-state index is -4.26. The molecule has 1 aromatic carbocycles. The number of hydrogen-bond acceptors (Lipinski definition) is 3. The summed E-state index contributed by atoms with van der Waals surface area (Å²) in [5.41, 5.74) is 7.60. The van der Waals surface area contributed by atoms with E-state index < -0.39 is 26.5 Å². The first-order valence-electron chi connectivity index (χ1n) is 3.63. The normalized spacial score (nSPS) is 10.4. The summed E-state index contributed by atoms with van der Waals surface area (Å²) >= 11 is 0. The molecule has 0 unspecified atom stereocenters. The monoisotopic (exact) mass is 227 g/mol. The van der Waals surface area contributed by atoms with E-state index in [-0.39, 0.29) is 0 Å². The Morgan fingerprint density at radius 3 is 2.53 bits per heavy atom. The highest BCUT2D eigenvalue weighted by molar-refractivity contribution is 7.90. The van der Waals surface area contributed by atoms with E-state index in [0.717, 1.165) is 12.1 Å². The maximum absolute atomic E-state index is 11.3. The highest BCUT2D eigenvalue weighted by Crippen LogP contribution is 2.17. The van der Waals surface area contributed by atoms with Gasteiger partial charge in [0.15, 0.2) is 0 Å². The molecule has 0 aliphatic carbocycles. The molecule has 0 aliphatic rings. The average molecular weight is 227 g/mol. The number of hydrogen-bond donors (Lipinski definition) is 1. The second kappa shape index (κ2) is 3.99. The fraction of sp³-hybridized carbons (Fsp3) is 0. The third-order valence-corrected chi connectivity index (χ3v) is 2.74. The molecule has 0 aliphatic heterocycles. The minimum absolute atomic E-state index is 0.426.